The maximum atomic E-state index is 13.7. The van der Waals surface area contributed by atoms with Crippen molar-refractivity contribution in [3.63, 3.8) is 0 Å². The Morgan fingerprint density at radius 1 is 0.295 bits per heavy atom. The Kier molecular flexibility index (Phi) is 27.4. The number of aromatic hydroxyl groups is 4. The van der Waals surface area contributed by atoms with Gasteiger partial charge in [0.25, 0.3) is 17.9 Å². The number of rotatable bonds is 2. The summed E-state index contributed by atoms with van der Waals surface area (Å²) in [6, 6.07) is 56.2. The molecule has 16 aromatic rings. The summed E-state index contributed by atoms with van der Waals surface area (Å²) in [5, 5.41) is 78.3. The molecule has 0 saturated heterocycles. The molecule has 0 fully saturated rings. The number of halogens is 6. The number of fused-ring (bicyclic) bond motifs is 28. The van der Waals surface area contributed by atoms with Gasteiger partial charge in [-0.3, -0.25) is 14.4 Å². The SMILES string of the molecule is CC(=O)O.CC(=O)O.CC(=O)O.CC(C)(C)c1cc2c3nc(c(-c4ccc(C(F)(F)F)cc4)c4ccc([n-]4)c4cc(C(C)(C)C)cc(c4O)c4ccc5ccc6ccc(nc6c5n4)c(c1)c2O)C=C3.CC(C)(C)c1cc2c3nc(c(-c4ccc(C(F)(F)F)cc4)c4ccc([nH]4)c4cc(C(C)(C)C)cc(c4O)c4ccc5ccc6ccc(nc6c5n4)c(c1)c2O)C=C3.[Co].[Co].[Co]. The van der Waals surface area contributed by atoms with Crippen LogP contribution in [0.25, 0.3) is 177 Å². The largest absolute Gasteiger partial charge is 0.657 e. The van der Waals surface area contributed by atoms with Gasteiger partial charge in [0.15, 0.2) is 0 Å². The van der Waals surface area contributed by atoms with E-state index in [1.54, 1.807) is 24.3 Å². The van der Waals surface area contributed by atoms with E-state index in [-0.39, 0.29) is 95.0 Å². The van der Waals surface area contributed by atoms with Crippen molar-refractivity contribution in [2.24, 2.45) is 0 Å². The maximum Gasteiger partial charge on any atom is 0.416 e. The van der Waals surface area contributed by atoms with Crippen LogP contribution in [0.4, 0.5) is 26.3 Å². The quantitative estimate of drug-likeness (QED) is 0.0589. The van der Waals surface area contributed by atoms with E-state index in [9.17, 15) is 46.8 Å². The number of benzene rings is 8. The molecule has 24 bridgehead atoms. The average Bonchev–Trinajstić information content (AvgIpc) is 1.11. The van der Waals surface area contributed by atoms with E-state index >= 15 is 0 Å². The smallest absolute Gasteiger partial charge is 0.416 e. The van der Waals surface area contributed by atoms with E-state index < -0.39 is 41.4 Å². The summed E-state index contributed by atoms with van der Waals surface area (Å²) in [4.78, 5) is 66.2. The van der Waals surface area contributed by atoms with E-state index in [1.807, 2.05) is 146 Å². The van der Waals surface area contributed by atoms with Crippen LogP contribution in [0.3, 0.4) is 0 Å². The van der Waals surface area contributed by atoms with Crippen molar-refractivity contribution in [3.05, 3.63) is 250 Å². The molecule has 0 spiro atoms. The Bertz CT molecular complexity index is 7090. The normalized spacial score (nSPS) is 12.1. The van der Waals surface area contributed by atoms with Crippen LogP contribution >= 0.6 is 0 Å². The molecule has 8 aromatic carbocycles. The summed E-state index contributed by atoms with van der Waals surface area (Å²) in [6.45, 7) is 28.4. The van der Waals surface area contributed by atoms with Crippen molar-refractivity contribution in [3.8, 4) is 45.3 Å². The molecule has 8 aromatic heterocycles. The van der Waals surface area contributed by atoms with Crippen LogP contribution in [0.1, 0.15) is 160 Å². The number of phenols is 4. The third-order valence-electron chi connectivity index (χ3n) is 21.8. The molecule has 2 aliphatic rings. The molecule has 2 aliphatic heterocycles. The Morgan fingerprint density at radius 2 is 0.550 bits per heavy atom. The van der Waals surface area contributed by atoms with Gasteiger partial charge in [0.05, 0.1) is 78.0 Å². The van der Waals surface area contributed by atoms with Crippen molar-refractivity contribution < 1.29 is 127 Å². The van der Waals surface area contributed by atoms with Crippen LogP contribution in [-0.4, -0.2) is 88.5 Å². The summed E-state index contributed by atoms with van der Waals surface area (Å²) in [7, 11) is 0. The molecule has 0 saturated carbocycles. The van der Waals surface area contributed by atoms with Crippen LogP contribution in [0.5, 0.6) is 23.0 Å². The summed E-state index contributed by atoms with van der Waals surface area (Å²) in [5.74, 6) is -2.49. The molecule has 0 atom stereocenters. The molecule has 18 nitrogen and oxygen atoms in total. The monoisotopic (exact) mass is 1880 g/mol. The van der Waals surface area contributed by atoms with Gasteiger partial charge in [0.2, 0.25) is 0 Å². The van der Waals surface area contributed by atoms with Gasteiger partial charge < -0.3 is 45.7 Å². The average molecular weight is 1880 g/mol. The number of nitrogens with zero attached hydrogens (tertiary/aromatic N) is 7. The molecule has 10 heterocycles. The molecule has 3 radical (unpaired) electrons. The molecule has 18 rings (SSSR count). The minimum atomic E-state index is -4.52. The van der Waals surface area contributed by atoms with Gasteiger partial charge in [-0.1, -0.05) is 168 Å². The Balaban J connectivity index is 0.000000217. The number of aromatic amines is 1. The van der Waals surface area contributed by atoms with E-state index in [4.69, 9.17) is 64.6 Å². The fourth-order valence-electron chi connectivity index (χ4n) is 15.1. The third kappa shape index (κ3) is 20.3. The van der Waals surface area contributed by atoms with Gasteiger partial charge in [-0.05, 0) is 194 Å². The molecule has 667 valence electrons. The van der Waals surface area contributed by atoms with Crippen LogP contribution in [0.2, 0.25) is 0 Å². The fourth-order valence-corrected chi connectivity index (χ4v) is 15.1. The molecular formula is C102H89Co3F6N8O10-. The van der Waals surface area contributed by atoms with Gasteiger partial charge in [-0.25, -0.2) is 29.9 Å². The number of H-pyrrole nitrogens is 1. The number of pyridine rings is 4. The zero-order chi connectivity index (χ0) is 91.1. The van der Waals surface area contributed by atoms with Gasteiger partial charge >= 0.3 is 12.4 Å². The molecule has 0 aliphatic carbocycles. The topological polar surface area (TPSA) is 300 Å². The summed E-state index contributed by atoms with van der Waals surface area (Å²) >= 11 is 0. The fraction of sp³-hybridized carbons (Fsp3) is 0.206. The summed E-state index contributed by atoms with van der Waals surface area (Å²) in [6.07, 6.45) is -1.82. The van der Waals surface area contributed by atoms with Gasteiger partial charge in [0.1, 0.15) is 23.0 Å². The minimum Gasteiger partial charge on any atom is -0.657 e. The first-order valence-corrected chi connectivity index (χ1v) is 40.3. The molecule has 0 unspecified atom stereocenters. The first-order chi connectivity index (χ1) is 59.1. The van der Waals surface area contributed by atoms with Crippen LogP contribution in [0.15, 0.2) is 194 Å². The molecule has 27 heteroatoms. The predicted octanol–water partition coefficient (Wildman–Crippen LogP) is 25.9. The van der Waals surface area contributed by atoms with Crippen molar-refractivity contribution >= 4 is 173 Å². The van der Waals surface area contributed by atoms with Crippen LogP contribution in [0, 0.1) is 0 Å². The standard InChI is InChI=1S/C48H39F3N4O2.C48H38F3N4O2.3C2H4O2.3Co/c2*1-46(2,3)29-21-31-35-17-19-39(52-35)41(25-9-13-28(14-10-25)48(49,50)51)40-20-18-36(53-40)32-22-30(47(4,5)6)24-34(45(32)57)38-16-12-27-8-7-26-11-15-37(33(23-29)44(31)56)54-42(26)43(27)55-38;3*1-2(3)4;;;/h7-24,52,56-57H,1-6H3;7-24H,1-6H3,(H2-,52,53,54,55,56,57);3*1H3,(H,3,4);;;/q;-1;;;;;;. The Labute approximate surface area is 767 Å². The van der Waals surface area contributed by atoms with Gasteiger partial charge in [-0.2, -0.15) is 26.3 Å². The number of aliphatic carboxylic acids is 3. The zero-order valence-electron chi connectivity index (χ0n) is 72.5. The third-order valence-corrected chi connectivity index (χ3v) is 21.8. The molecule has 129 heavy (non-hydrogen) atoms. The number of hydrogen-bond donors (Lipinski definition) is 8. The van der Waals surface area contributed by atoms with Crippen molar-refractivity contribution in [1.82, 2.24) is 39.9 Å². The zero-order valence-corrected chi connectivity index (χ0v) is 75.7. The number of phenolic OH excluding ortho intramolecular Hbond substituents is 4. The van der Waals surface area contributed by atoms with Crippen molar-refractivity contribution in [1.29, 1.82) is 0 Å². The maximum absolute atomic E-state index is 13.7. The van der Waals surface area contributed by atoms with E-state index in [0.717, 1.165) is 88.8 Å². The first-order valence-electron chi connectivity index (χ1n) is 40.3. The van der Waals surface area contributed by atoms with Crippen molar-refractivity contribution in [2.45, 2.75) is 138 Å². The van der Waals surface area contributed by atoms with E-state index in [2.05, 4.69) is 88.1 Å². The van der Waals surface area contributed by atoms with Gasteiger partial charge in [0, 0.05) is 152 Å². The number of carboxylic acids is 3. The number of aromatic nitrogens is 8. The number of carboxylic acid groups (broad SMARTS) is 3. The summed E-state index contributed by atoms with van der Waals surface area (Å²) < 4.78 is 82.3. The van der Waals surface area contributed by atoms with Crippen molar-refractivity contribution in [2.75, 3.05) is 0 Å². The number of carbonyl (C=O) groups is 3. The molecule has 8 N–H and O–H groups in total. The Morgan fingerprint density at radius 3 is 0.876 bits per heavy atom. The number of nitrogens with one attached hydrogen (secondary N) is 1. The number of alkyl halides is 6. The number of hydrogen-bond acceptors (Lipinski definition) is 13. The Hall–Kier alpha value is -13.0. The van der Waals surface area contributed by atoms with Gasteiger partial charge in [-0.15, -0.1) is 11.0 Å². The minimum absolute atomic E-state index is 0. The van der Waals surface area contributed by atoms with Crippen LogP contribution < -0.4 is 4.98 Å². The second-order valence-electron chi connectivity index (χ2n) is 35.3. The predicted molar refractivity (Wildman–Crippen MR) is 490 cm³/mol. The van der Waals surface area contributed by atoms with E-state index in [0.29, 0.717) is 154 Å². The second-order valence-corrected chi connectivity index (χ2v) is 35.3. The molecular weight excluding hydrogens is 1790 g/mol. The van der Waals surface area contributed by atoms with Crippen LogP contribution in [-0.2, 0) is 98.7 Å². The second kappa shape index (κ2) is 36.6. The molecule has 0 amide bonds. The van der Waals surface area contributed by atoms with E-state index in [1.165, 1.54) is 24.3 Å². The summed E-state index contributed by atoms with van der Waals surface area (Å²) in [5.41, 5.74) is 11.8. The first kappa shape index (κ1) is 96.6.